The minimum Gasteiger partial charge on any atom is -0.457 e. The van der Waals surface area contributed by atoms with Crippen molar-refractivity contribution in [2.24, 2.45) is 0 Å². The fourth-order valence-corrected chi connectivity index (χ4v) is 6.52. The molecule has 0 atom stereocenters. The van der Waals surface area contributed by atoms with Crippen LogP contribution in [-0.4, -0.2) is 28.5 Å². The molecule has 0 saturated carbocycles. The smallest absolute Gasteiger partial charge is 0.154 e. The van der Waals surface area contributed by atoms with Crippen molar-refractivity contribution in [3.8, 4) is 28.6 Å². The molecular formula is C39H39N5O. The Bertz CT molecular complexity index is 2050. The first kappa shape index (κ1) is 28.7. The van der Waals surface area contributed by atoms with Gasteiger partial charge < -0.3 is 14.5 Å². The van der Waals surface area contributed by atoms with E-state index < -0.39 is 0 Å². The SMILES string of the molecule is Cc1cc(C)c(-c2nn(-c3cc(C(C)(C)C)ccn3)c3cc(Oc4cccc(N5CN(C)c6ccccc65)c4)ccc23)c(C)c1. The highest BCUT2D eigenvalue weighted by Crippen LogP contribution is 2.41. The van der Waals surface area contributed by atoms with Gasteiger partial charge in [0, 0.05) is 42.0 Å². The van der Waals surface area contributed by atoms with E-state index in [9.17, 15) is 0 Å². The Morgan fingerprint density at radius 3 is 2.24 bits per heavy atom. The minimum absolute atomic E-state index is 0.0163. The van der Waals surface area contributed by atoms with Crippen molar-refractivity contribution in [3.05, 3.63) is 119 Å². The molecule has 3 heterocycles. The molecule has 6 nitrogen and oxygen atoms in total. The van der Waals surface area contributed by atoms with Crippen LogP contribution in [-0.2, 0) is 5.41 Å². The predicted molar refractivity (Wildman–Crippen MR) is 186 cm³/mol. The van der Waals surface area contributed by atoms with Crippen LogP contribution in [0.3, 0.4) is 0 Å². The van der Waals surface area contributed by atoms with Gasteiger partial charge in [-0.25, -0.2) is 9.67 Å². The van der Waals surface area contributed by atoms with Gasteiger partial charge in [-0.1, -0.05) is 56.7 Å². The lowest BCUT2D eigenvalue weighted by Gasteiger charge is -2.20. The molecule has 1 aliphatic rings. The van der Waals surface area contributed by atoms with Gasteiger partial charge in [-0.3, -0.25) is 0 Å². The number of hydrogen-bond donors (Lipinski definition) is 0. The van der Waals surface area contributed by atoms with Crippen LogP contribution < -0.4 is 14.5 Å². The number of ether oxygens (including phenoxy) is 1. The van der Waals surface area contributed by atoms with Crippen LogP contribution >= 0.6 is 0 Å². The topological polar surface area (TPSA) is 46.4 Å². The highest BCUT2D eigenvalue weighted by molar-refractivity contribution is 5.96. The summed E-state index contributed by atoms with van der Waals surface area (Å²) in [5.41, 5.74) is 11.4. The van der Waals surface area contributed by atoms with Crippen LogP contribution in [0.25, 0.3) is 28.0 Å². The molecule has 0 N–H and O–H groups in total. The third-order valence-electron chi connectivity index (χ3n) is 8.70. The van der Waals surface area contributed by atoms with E-state index in [1.54, 1.807) is 0 Å². The number of aromatic nitrogens is 3. The van der Waals surface area contributed by atoms with Gasteiger partial charge in [-0.15, -0.1) is 0 Å². The molecule has 0 fully saturated rings. The maximum Gasteiger partial charge on any atom is 0.154 e. The Hall–Kier alpha value is -5.10. The van der Waals surface area contributed by atoms with Gasteiger partial charge in [-0.2, -0.15) is 5.10 Å². The monoisotopic (exact) mass is 593 g/mol. The number of rotatable bonds is 5. The number of aryl methyl sites for hydroxylation is 3. The minimum atomic E-state index is -0.0163. The third kappa shape index (κ3) is 5.20. The van der Waals surface area contributed by atoms with Crippen LogP contribution in [0.5, 0.6) is 11.5 Å². The van der Waals surface area contributed by atoms with Crippen LogP contribution in [0.4, 0.5) is 17.1 Å². The second kappa shape index (κ2) is 10.8. The van der Waals surface area contributed by atoms with Crippen molar-refractivity contribution in [2.75, 3.05) is 23.5 Å². The average Bonchev–Trinajstić information content (AvgIpc) is 3.54. The molecule has 0 saturated heterocycles. The summed E-state index contributed by atoms with van der Waals surface area (Å²) in [5.74, 6) is 2.32. The van der Waals surface area contributed by atoms with Crippen LogP contribution in [0, 0.1) is 20.8 Å². The fourth-order valence-electron chi connectivity index (χ4n) is 6.52. The molecule has 226 valence electrons. The van der Waals surface area contributed by atoms with Gasteiger partial charge in [0.2, 0.25) is 0 Å². The Balaban J connectivity index is 1.32. The molecule has 0 spiro atoms. The molecule has 6 aromatic rings. The summed E-state index contributed by atoms with van der Waals surface area (Å²) >= 11 is 0. The lowest BCUT2D eigenvalue weighted by atomic mass is 9.88. The highest BCUT2D eigenvalue weighted by Gasteiger charge is 2.25. The van der Waals surface area contributed by atoms with Gasteiger partial charge in [0.1, 0.15) is 17.2 Å². The molecule has 1 aliphatic heterocycles. The first-order chi connectivity index (χ1) is 21.6. The fraction of sp³-hybridized carbons (Fsp3) is 0.231. The number of pyridine rings is 1. The van der Waals surface area contributed by atoms with E-state index in [-0.39, 0.29) is 5.41 Å². The molecular weight excluding hydrogens is 554 g/mol. The van der Waals surface area contributed by atoms with E-state index in [0.29, 0.717) is 0 Å². The van der Waals surface area contributed by atoms with Crippen molar-refractivity contribution >= 4 is 28.0 Å². The Kier molecular flexibility index (Phi) is 6.88. The van der Waals surface area contributed by atoms with Gasteiger partial charge in [0.15, 0.2) is 5.82 Å². The molecule has 6 heteroatoms. The van der Waals surface area contributed by atoms with E-state index in [1.165, 1.54) is 33.6 Å². The summed E-state index contributed by atoms with van der Waals surface area (Å²) in [6.07, 6.45) is 1.88. The summed E-state index contributed by atoms with van der Waals surface area (Å²) in [5, 5.41) is 6.30. The molecule has 0 amide bonds. The van der Waals surface area contributed by atoms with Gasteiger partial charge in [0.05, 0.1) is 23.6 Å². The zero-order chi connectivity index (χ0) is 31.5. The predicted octanol–water partition coefficient (Wildman–Crippen LogP) is 9.65. The van der Waals surface area contributed by atoms with E-state index in [0.717, 1.165) is 51.8 Å². The second-order valence-electron chi connectivity index (χ2n) is 13.2. The first-order valence-electron chi connectivity index (χ1n) is 15.5. The molecule has 0 unspecified atom stereocenters. The van der Waals surface area contributed by atoms with E-state index >= 15 is 0 Å². The second-order valence-corrected chi connectivity index (χ2v) is 13.2. The summed E-state index contributed by atoms with van der Waals surface area (Å²) in [4.78, 5) is 9.36. The molecule has 0 bridgehead atoms. The Morgan fingerprint density at radius 1 is 0.756 bits per heavy atom. The number of para-hydroxylation sites is 2. The van der Waals surface area contributed by atoms with Crippen molar-refractivity contribution in [1.29, 1.82) is 0 Å². The first-order valence-corrected chi connectivity index (χ1v) is 15.5. The van der Waals surface area contributed by atoms with Crippen molar-refractivity contribution < 1.29 is 4.74 Å². The Morgan fingerprint density at radius 2 is 1.49 bits per heavy atom. The number of hydrogen-bond acceptors (Lipinski definition) is 5. The van der Waals surface area contributed by atoms with Gasteiger partial charge in [-0.05, 0) is 91.4 Å². The zero-order valence-corrected chi connectivity index (χ0v) is 27.1. The molecule has 7 rings (SSSR count). The molecule has 45 heavy (non-hydrogen) atoms. The van der Waals surface area contributed by atoms with E-state index in [1.807, 2.05) is 23.0 Å². The lowest BCUT2D eigenvalue weighted by molar-refractivity contribution is 0.483. The summed E-state index contributed by atoms with van der Waals surface area (Å²) < 4.78 is 8.52. The highest BCUT2D eigenvalue weighted by atomic mass is 16.5. The van der Waals surface area contributed by atoms with Crippen molar-refractivity contribution in [3.63, 3.8) is 0 Å². The summed E-state index contributed by atoms with van der Waals surface area (Å²) in [7, 11) is 2.12. The van der Waals surface area contributed by atoms with Crippen LogP contribution in [0.2, 0.25) is 0 Å². The largest absolute Gasteiger partial charge is 0.457 e. The quantitative estimate of drug-likeness (QED) is 0.199. The van der Waals surface area contributed by atoms with Crippen molar-refractivity contribution in [2.45, 2.75) is 47.0 Å². The number of nitrogens with zero attached hydrogens (tertiary/aromatic N) is 5. The third-order valence-corrected chi connectivity index (χ3v) is 8.70. The Labute approximate surface area is 265 Å². The standard InChI is InChI=1S/C39H39N5O/c1-25-19-26(2)37(27(3)20-25)38-32-16-15-31(23-35(32)44(41-38)36-21-28(17-18-40-36)39(4,5)6)45-30-12-10-11-29(22-30)43-24-42(7)33-13-8-9-14-34(33)43/h8-23H,24H2,1-7H3. The van der Waals surface area contributed by atoms with Gasteiger partial charge >= 0.3 is 0 Å². The number of anilines is 3. The normalized spacial score (nSPS) is 13.0. The number of benzene rings is 4. The van der Waals surface area contributed by atoms with Crippen LogP contribution in [0.15, 0.2) is 97.2 Å². The number of fused-ring (bicyclic) bond motifs is 2. The van der Waals surface area contributed by atoms with E-state index in [4.69, 9.17) is 14.8 Å². The average molecular weight is 594 g/mol. The maximum atomic E-state index is 6.55. The molecule has 2 aromatic heterocycles. The van der Waals surface area contributed by atoms with E-state index in [2.05, 4.69) is 137 Å². The molecule has 4 aromatic carbocycles. The lowest BCUT2D eigenvalue weighted by Crippen LogP contribution is -2.23. The summed E-state index contributed by atoms with van der Waals surface area (Å²) in [6, 6.07) is 31.7. The summed E-state index contributed by atoms with van der Waals surface area (Å²) in [6.45, 7) is 13.9. The maximum absolute atomic E-state index is 6.55. The molecule has 0 aliphatic carbocycles. The van der Waals surface area contributed by atoms with Gasteiger partial charge in [0.25, 0.3) is 0 Å². The van der Waals surface area contributed by atoms with Crippen LogP contribution in [0.1, 0.15) is 43.0 Å². The molecule has 0 radical (unpaired) electrons. The van der Waals surface area contributed by atoms with Crippen molar-refractivity contribution in [1.82, 2.24) is 14.8 Å². The zero-order valence-electron chi connectivity index (χ0n) is 27.1.